The van der Waals surface area contributed by atoms with Crippen LogP contribution < -0.4 is 0 Å². The van der Waals surface area contributed by atoms with Crippen LogP contribution in [0.4, 0.5) is 0 Å². The summed E-state index contributed by atoms with van der Waals surface area (Å²) in [6, 6.07) is 96.0. The number of rotatable bonds is 6. The molecule has 0 spiro atoms. The number of hydrogen-bond donors (Lipinski definition) is 0. The van der Waals surface area contributed by atoms with Gasteiger partial charge in [0, 0.05) is 58.6 Å². The molecule has 12 aromatic carbocycles. The van der Waals surface area contributed by atoms with Crippen LogP contribution in [0.2, 0.25) is 0 Å². The van der Waals surface area contributed by atoms with E-state index in [0.717, 1.165) is 120 Å². The third-order valence-electron chi connectivity index (χ3n) is 16.9. The second kappa shape index (κ2) is 17.3. The van der Waals surface area contributed by atoms with Crippen molar-refractivity contribution in [2.24, 2.45) is 0 Å². The molecule has 0 amide bonds. The van der Waals surface area contributed by atoms with E-state index in [4.69, 9.17) is 0 Å². The van der Waals surface area contributed by atoms with Crippen molar-refractivity contribution in [3.05, 3.63) is 266 Å². The molecule has 81 heavy (non-hydrogen) atoms. The average Bonchev–Trinajstić information content (AvgIpc) is 3.12. The fraction of sp³-hybridized carbons (Fsp3) is 0. The summed E-state index contributed by atoms with van der Waals surface area (Å²) >= 11 is 1.77. The van der Waals surface area contributed by atoms with E-state index in [1.807, 2.05) is 0 Å². The summed E-state index contributed by atoms with van der Waals surface area (Å²) in [5.74, 6) is 0. The van der Waals surface area contributed by atoms with Gasteiger partial charge in [-0.05, 0) is 70.8 Å². The van der Waals surface area contributed by atoms with Crippen molar-refractivity contribution in [2.45, 2.75) is 0 Å². The predicted octanol–water partition coefficient (Wildman–Crippen LogP) is 19.5. The van der Waals surface area contributed by atoms with Crippen LogP contribution >= 0.6 is 11.3 Å². The van der Waals surface area contributed by atoms with Crippen molar-refractivity contribution >= 4 is 119 Å². The third-order valence-corrected chi connectivity index (χ3v) is 18.0. The predicted molar refractivity (Wildman–Crippen MR) is 337 cm³/mol. The lowest BCUT2D eigenvalue weighted by atomic mass is 9.92. The van der Waals surface area contributed by atoms with E-state index in [1.165, 1.54) is 10.1 Å². The molecule has 17 rings (SSSR count). The monoisotopic (exact) mass is 1050 g/mol. The molecule has 5 heterocycles. The van der Waals surface area contributed by atoms with Crippen molar-refractivity contribution in [1.82, 2.24) is 18.3 Å². The van der Waals surface area contributed by atoms with Gasteiger partial charge in [-0.15, -0.1) is 11.3 Å². The summed E-state index contributed by atoms with van der Waals surface area (Å²) in [7, 11) is 0. The first-order valence-corrected chi connectivity index (χ1v) is 28.0. The highest BCUT2D eigenvalue weighted by Crippen LogP contribution is 2.52. The van der Waals surface area contributed by atoms with Crippen LogP contribution in [0.1, 0.15) is 11.1 Å². The van der Waals surface area contributed by atoms with E-state index >= 15 is 0 Å². The number of para-hydroxylation sites is 6. The summed E-state index contributed by atoms with van der Waals surface area (Å²) in [6.45, 7) is 0. The van der Waals surface area contributed by atoms with E-state index in [-0.39, 0.29) is 0 Å². The van der Waals surface area contributed by atoms with Gasteiger partial charge in [0.05, 0.1) is 71.6 Å². The molecule has 0 unspecified atom stereocenters. The molecule has 374 valence electrons. The number of hydrogen-bond acceptors (Lipinski definition) is 3. The fourth-order valence-electron chi connectivity index (χ4n) is 13.6. The molecule has 0 aliphatic heterocycles. The van der Waals surface area contributed by atoms with Crippen LogP contribution in [0.3, 0.4) is 0 Å². The lowest BCUT2D eigenvalue weighted by Gasteiger charge is -2.27. The number of fused-ring (bicyclic) bond motifs is 16. The Bertz CT molecular complexity index is 5470. The Morgan fingerprint density at radius 3 is 1.10 bits per heavy atom. The lowest BCUT2D eigenvalue weighted by molar-refractivity contribution is 1.03. The van der Waals surface area contributed by atoms with Gasteiger partial charge in [0.25, 0.3) is 0 Å². The minimum atomic E-state index is 0.418. The van der Waals surface area contributed by atoms with Crippen LogP contribution in [0, 0.1) is 22.7 Å². The zero-order chi connectivity index (χ0) is 53.4. The molecule has 6 nitrogen and oxygen atoms in total. The number of aromatic nitrogens is 4. The SMILES string of the molecule is N#Cc1c(-n2c3ccccc3c3ccccc32)c(-n2c3ccccc3c3ccccc32)c(C#N)c(-n2c3cccc(-c4ccccc4-c4ccccc4)c3c3ccc4c5ccccc5sc4c32)c1-n1c2ccccc2c2ccccc21. The maximum absolute atomic E-state index is 13.0. The van der Waals surface area contributed by atoms with E-state index in [0.29, 0.717) is 33.9 Å². The zero-order valence-corrected chi connectivity index (χ0v) is 44.2. The van der Waals surface area contributed by atoms with Gasteiger partial charge >= 0.3 is 0 Å². The quantitative estimate of drug-likeness (QED) is 0.167. The van der Waals surface area contributed by atoms with E-state index < -0.39 is 0 Å². The minimum Gasteiger partial charge on any atom is -0.306 e. The van der Waals surface area contributed by atoms with Crippen molar-refractivity contribution in [3.8, 4) is 57.1 Å². The molecule has 0 saturated carbocycles. The maximum atomic E-state index is 13.0. The molecule has 0 atom stereocenters. The summed E-state index contributed by atoms with van der Waals surface area (Å²) in [6.07, 6.45) is 0. The van der Waals surface area contributed by atoms with E-state index in [9.17, 15) is 10.5 Å². The largest absolute Gasteiger partial charge is 0.306 e. The molecule has 0 radical (unpaired) electrons. The molecule has 5 aromatic heterocycles. The smallest absolute Gasteiger partial charge is 0.104 e. The highest BCUT2D eigenvalue weighted by atomic mass is 32.1. The number of benzene rings is 12. The van der Waals surface area contributed by atoms with Crippen molar-refractivity contribution in [3.63, 3.8) is 0 Å². The standard InChI is InChI=1S/C74H42N6S/c75-43-58-69(77-60-33-13-6-25-48(60)49-26-7-14-34-61(49)77)70(78-62-35-15-8-27-50(62)51-28-9-16-36-63(51)78)59(44-76)72(71(58)79-64-37-17-10-29-52(64)53-30-11-18-38-65(53)79)80-66-39-20-32-55(47-24-5-4-23-46(47)45-21-2-1-3-22-45)68(66)57-42-41-56-54-31-12-19-40-67(54)81-74(56)73(57)80/h1-42H. The zero-order valence-electron chi connectivity index (χ0n) is 43.3. The molecular weight excluding hydrogens is 1000 g/mol. The summed E-state index contributed by atoms with van der Waals surface area (Å²) in [5.41, 5.74) is 15.1. The van der Waals surface area contributed by atoms with Gasteiger partial charge in [-0.1, -0.05) is 206 Å². The first kappa shape index (κ1) is 45.1. The van der Waals surface area contributed by atoms with Gasteiger partial charge in [-0.3, -0.25) is 0 Å². The summed E-state index contributed by atoms with van der Waals surface area (Å²) in [4.78, 5) is 0. The molecule has 17 aromatic rings. The first-order valence-electron chi connectivity index (χ1n) is 27.2. The summed E-state index contributed by atoms with van der Waals surface area (Å²) < 4.78 is 11.4. The van der Waals surface area contributed by atoms with Gasteiger partial charge in [-0.2, -0.15) is 10.5 Å². The van der Waals surface area contributed by atoms with Gasteiger partial charge in [0.1, 0.15) is 23.3 Å². The van der Waals surface area contributed by atoms with Crippen LogP contribution in [-0.4, -0.2) is 18.3 Å². The Morgan fingerprint density at radius 2 is 0.630 bits per heavy atom. The van der Waals surface area contributed by atoms with Crippen LogP contribution in [0.5, 0.6) is 0 Å². The topological polar surface area (TPSA) is 67.3 Å². The van der Waals surface area contributed by atoms with Crippen molar-refractivity contribution in [2.75, 3.05) is 0 Å². The first-order chi connectivity index (χ1) is 40.2. The number of thiophene rings is 1. The molecule has 7 heteroatoms. The van der Waals surface area contributed by atoms with E-state index in [2.05, 4.69) is 285 Å². The third kappa shape index (κ3) is 6.18. The molecule has 0 fully saturated rings. The van der Waals surface area contributed by atoms with Crippen LogP contribution in [0.25, 0.3) is 152 Å². The van der Waals surface area contributed by atoms with E-state index in [1.54, 1.807) is 11.3 Å². The Kier molecular flexibility index (Phi) is 9.62. The van der Waals surface area contributed by atoms with Gasteiger partial charge in [0.15, 0.2) is 0 Å². The Hall–Kier alpha value is -11.0. The second-order valence-electron chi connectivity index (χ2n) is 20.9. The Labute approximate surface area is 467 Å². The number of nitriles is 2. The highest BCUT2D eigenvalue weighted by molar-refractivity contribution is 7.26. The molecule has 0 aliphatic carbocycles. The van der Waals surface area contributed by atoms with Crippen LogP contribution in [0.15, 0.2) is 255 Å². The van der Waals surface area contributed by atoms with Crippen molar-refractivity contribution < 1.29 is 0 Å². The minimum absolute atomic E-state index is 0.418. The molecule has 0 N–H and O–H groups in total. The van der Waals surface area contributed by atoms with Crippen LogP contribution in [-0.2, 0) is 0 Å². The normalized spacial score (nSPS) is 11.9. The molecule has 0 aliphatic rings. The fourth-order valence-corrected chi connectivity index (χ4v) is 14.9. The highest BCUT2D eigenvalue weighted by Gasteiger charge is 2.35. The molecule has 0 bridgehead atoms. The maximum Gasteiger partial charge on any atom is 0.104 e. The molecule has 0 saturated heterocycles. The van der Waals surface area contributed by atoms with Crippen molar-refractivity contribution in [1.29, 1.82) is 10.5 Å². The molecular formula is C74H42N6S. The lowest BCUT2D eigenvalue weighted by Crippen LogP contribution is -2.16. The van der Waals surface area contributed by atoms with Gasteiger partial charge in [-0.25, -0.2) is 0 Å². The van der Waals surface area contributed by atoms with Gasteiger partial charge < -0.3 is 18.3 Å². The average molecular weight is 1050 g/mol. The number of nitrogens with zero attached hydrogens (tertiary/aromatic N) is 6. The second-order valence-corrected chi connectivity index (χ2v) is 21.9. The Balaban J connectivity index is 1.18. The van der Waals surface area contributed by atoms with Gasteiger partial charge in [0.2, 0.25) is 0 Å². The summed E-state index contributed by atoms with van der Waals surface area (Å²) in [5, 5.41) is 36.5. The Morgan fingerprint density at radius 1 is 0.272 bits per heavy atom.